The van der Waals surface area contributed by atoms with Crippen molar-refractivity contribution in [3.8, 4) is 0 Å². The van der Waals surface area contributed by atoms with Crippen LogP contribution in [0.25, 0.3) is 0 Å². The molecule has 2 aromatic rings. The summed E-state index contributed by atoms with van der Waals surface area (Å²) in [6, 6.07) is 12.0. The Bertz CT molecular complexity index is 595. The second-order valence-corrected chi connectivity index (χ2v) is 4.98. The van der Waals surface area contributed by atoms with Crippen LogP contribution in [-0.4, -0.2) is 6.04 Å². The van der Waals surface area contributed by atoms with Gasteiger partial charge in [0.15, 0.2) is 0 Å². The molecule has 0 bridgehead atoms. The third-order valence-corrected chi connectivity index (χ3v) is 3.63. The summed E-state index contributed by atoms with van der Waals surface area (Å²) in [6.45, 7) is 0. The number of benzene rings is 2. The van der Waals surface area contributed by atoms with E-state index in [0.717, 1.165) is 31.4 Å². The van der Waals surface area contributed by atoms with Crippen molar-refractivity contribution in [2.24, 2.45) is 0 Å². The number of anilines is 1. The second kappa shape index (κ2) is 5.00. The quantitative estimate of drug-likeness (QED) is 0.861. The van der Waals surface area contributed by atoms with E-state index in [-0.39, 0.29) is 11.7 Å². The van der Waals surface area contributed by atoms with Crippen LogP contribution in [0, 0.1) is 11.6 Å². The van der Waals surface area contributed by atoms with Crippen molar-refractivity contribution < 1.29 is 8.78 Å². The van der Waals surface area contributed by atoms with Gasteiger partial charge in [-0.2, -0.15) is 0 Å². The van der Waals surface area contributed by atoms with Crippen molar-refractivity contribution >= 4 is 5.69 Å². The van der Waals surface area contributed by atoms with Gasteiger partial charge in [0.1, 0.15) is 11.6 Å². The molecule has 1 unspecified atom stereocenters. The molecule has 19 heavy (non-hydrogen) atoms. The van der Waals surface area contributed by atoms with Gasteiger partial charge in [-0.1, -0.05) is 24.3 Å². The molecule has 98 valence electrons. The van der Waals surface area contributed by atoms with Crippen molar-refractivity contribution in [3.63, 3.8) is 0 Å². The first-order valence-electron chi connectivity index (χ1n) is 6.51. The van der Waals surface area contributed by atoms with Crippen LogP contribution in [0.5, 0.6) is 0 Å². The van der Waals surface area contributed by atoms with Gasteiger partial charge in [0.05, 0.1) is 5.69 Å². The number of hydrogen-bond acceptors (Lipinski definition) is 1. The number of aryl methyl sites for hydroxylation is 1. The number of nitrogens with one attached hydrogen (secondary N) is 1. The van der Waals surface area contributed by atoms with Crippen LogP contribution in [0.4, 0.5) is 14.5 Å². The summed E-state index contributed by atoms with van der Waals surface area (Å²) in [7, 11) is 0. The summed E-state index contributed by atoms with van der Waals surface area (Å²) < 4.78 is 26.7. The van der Waals surface area contributed by atoms with Crippen molar-refractivity contribution in [1.82, 2.24) is 0 Å². The largest absolute Gasteiger partial charge is 0.380 e. The van der Waals surface area contributed by atoms with Crippen molar-refractivity contribution in [1.29, 1.82) is 0 Å². The molecule has 1 atom stereocenters. The minimum absolute atomic E-state index is 0.159. The predicted molar refractivity (Wildman–Crippen MR) is 72.2 cm³/mol. The Kier molecular flexibility index (Phi) is 3.20. The number of halogens is 2. The molecule has 2 aromatic carbocycles. The highest BCUT2D eigenvalue weighted by atomic mass is 19.1. The van der Waals surface area contributed by atoms with E-state index < -0.39 is 11.6 Å². The Morgan fingerprint density at radius 3 is 2.63 bits per heavy atom. The zero-order valence-electron chi connectivity index (χ0n) is 10.5. The topological polar surface area (TPSA) is 12.0 Å². The third-order valence-electron chi connectivity index (χ3n) is 3.63. The molecule has 3 heteroatoms. The van der Waals surface area contributed by atoms with E-state index in [1.54, 1.807) is 0 Å². The molecule has 1 aliphatic carbocycles. The SMILES string of the molecule is Fc1ccc(F)c(NC2CCc3ccccc3C2)c1. The normalized spacial score (nSPS) is 17.9. The molecular weight excluding hydrogens is 244 g/mol. The van der Waals surface area contributed by atoms with Crippen LogP contribution in [0.15, 0.2) is 42.5 Å². The van der Waals surface area contributed by atoms with Gasteiger partial charge in [0.2, 0.25) is 0 Å². The molecule has 3 rings (SSSR count). The molecule has 1 aliphatic rings. The maximum absolute atomic E-state index is 13.6. The maximum Gasteiger partial charge on any atom is 0.146 e. The zero-order valence-corrected chi connectivity index (χ0v) is 10.5. The van der Waals surface area contributed by atoms with E-state index in [1.807, 2.05) is 12.1 Å². The molecule has 0 saturated heterocycles. The lowest BCUT2D eigenvalue weighted by Gasteiger charge is -2.26. The number of hydrogen-bond donors (Lipinski definition) is 1. The van der Waals surface area contributed by atoms with E-state index in [0.29, 0.717) is 0 Å². The molecular formula is C16H15F2N. The van der Waals surface area contributed by atoms with Crippen LogP contribution in [0.2, 0.25) is 0 Å². The molecule has 0 fully saturated rings. The number of fused-ring (bicyclic) bond motifs is 1. The molecule has 0 saturated carbocycles. The molecule has 0 aliphatic heterocycles. The van der Waals surface area contributed by atoms with Gasteiger partial charge >= 0.3 is 0 Å². The average molecular weight is 259 g/mol. The Hall–Kier alpha value is -1.90. The monoisotopic (exact) mass is 259 g/mol. The van der Waals surface area contributed by atoms with E-state index in [9.17, 15) is 8.78 Å². The molecule has 1 nitrogen and oxygen atoms in total. The van der Waals surface area contributed by atoms with Gasteiger partial charge in [-0.3, -0.25) is 0 Å². The molecule has 0 heterocycles. The van der Waals surface area contributed by atoms with Gasteiger partial charge in [0, 0.05) is 6.04 Å². The highest BCUT2D eigenvalue weighted by Crippen LogP contribution is 2.25. The first-order valence-corrected chi connectivity index (χ1v) is 6.51. The highest BCUT2D eigenvalue weighted by Gasteiger charge is 2.19. The Morgan fingerprint density at radius 1 is 1.00 bits per heavy atom. The average Bonchev–Trinajstić information content (AvgIpc) is 2.43. The fourth-order valence-electron chi connectivity index (χ4n) is 2.65. The Labute approximate surface area is 111 Å². The second-order valence-electron chi connectivity index (χ2n) is 4.98. The van der Waals surface area contributed by atoms with Crippen molar-refractivity contribution in [2.45, 2.75) is 25.3 Å². The van der Waals surface area contributed by atoms with E-state index >= 15 is 0 Å². The summed E-state index contributed by atoms with van der Waals surface area (Å²) in [6.07, 6.45) is 2.77. The number of rotatable bonds is 2. The summed E-state index contributed by atoms with van der Waals surface area (Å²) in [5.41, 5.74) is 2.91. The Balaban J connectivity index is 1.77. The first kappa shape index (κ1) is 12.2. The first-order chi connectivity index (χ1) is 9.22. The molecule has 1 N–H and O–H groups in total. The molecule has 0 spiro atoms. The lowest BCUT2D eigenvalue weighted by Crippen LogP contribution is -2.27. The standard InChI is InChI=1S/C16H15F2N/c17-13-6-8-15(18)16(10-13)19-14-7-5-11-3-1-2-4-12(11)9-14/h1-4,6,8,10,14,19H,5,7,9H2. The molecule has 0 amide bonds. The van der Waals surface area contributed by atoms with Gasteiger partial charge in [-0.05, 0) is 48.6 Å². The van der Waals surface area contributed by atoms with Crippen molar-refractivity contribution in [2.75, 3.05) is 5.32 Å². The van der Waals surface area contributed by atoms with Crippen molar-refractivity contribution in [3.05, 3.63) is 65.2 Å². The predicted octanol–water partition coefficient (Wildman–Crippen LogP) is 3.93. The summed E-state index contributed by atoms with van der Waals surface area (Å²) in [5, 5.41) is 3.12. The third kappa shape index (κ3) is 2.60. The van der Waals surface area contributed by atoms with Gasteiger partial charge < -0.3 is 5.32 Å². The van der Waals surface area contributed by atoms with Gasteiger partial charge in [-0.15, -0.1) is 0 Å². The minimum Gasteiger partial charge on any atom is -0.380 e. The summed E-state index contributed by atoms with van der Waals surface area (Å²) >= 11 is 0. The van der Waals surface area contributed by atoms with E-state index in [1.165, 1.54) is 17.2 Å². The lowest BCUT2D eigenvalue weighted by molar-refractivity contribution is 0.581. The van der Waals surface area contributed by atoms with E-state index in [4.69, 9.17) is 0 Å². The van der Waals surface area contributed by atoms with E-state index in [2.05, 4.69) is 17.4 Å². The fraction of sp³-hybridized carbons (Fsp3) is 0.250. The van der Waals surface area contributed by atoms with Gasteiger partial charge in [0.25, 0.3) is 0 Å². The lowest BCUT2D eigenvalue weighted by atomic mass is 9.88. The summed E-state index contributed by atoms with van der Waals surface area (Å²) in [4.78, 5) is 0. The van der Waals surface area contributed by atoms with Crippen LogP contribution < -0.4 is 5.32 Å². The highest BCUT2D eigenvalue weighted by molar-refractivity contribution is 5.46. The smallest absolute Gasteiger partial charge is 0.146 e. The van der Waals surface area contributed by atoms with Gasteiger partial charge in [-0.25, -0.2) is 8.78 Å². The summed E-state index contributed by atoms with van der Waals surface area (Å²) in [5.74, 6) is -0.819. The minimum atomic E-state index is -0.417. The van der Waals surface area contributed by atoms with Crippen LogP contribution in [0.1, 0.15) is 17.5 Å². The molecule has 0 radical (unpaired) electrons. The van der Waals surface area contributed by atoms with Crippen LogP contribution >= 0.6 is 0 Å². The Morgan fingerprint density at radius 2 is 1.79 bits per heavy atom. The van der Waals surface area contributed by atoms with Crippen LogP contribution in [0.3, 0.4) is 0 Å². The molecule has 0 aromatic heterocycles. The fourth-order valence-corrected chi connectivity index (χ4v) is 2.65. The van der Waals surface area contributed by atoms with Crippen LogP contribution in [-0.2, 0) is 12.8 Å². The zero-order chi connectivity index (χ0) is 13.2. The maximum atomic E-state index is 13.6.